The van der Waals surface area contributed by atoms with Gasteiger partial charge in [0.1, 0.15) is 0 Å². The molecule has 0 aliphatic heterocycles. The predicted octanol–water partition coefficient (Wildman–Crippen LogP) is 2.29. The lowest BCUT2D eigenvalue weighted by Crippen LogP contribution is -2.22. The van der Waals surface area contributed by atoms with Crippen LogP contribution in [-0.4, -0.2) is 15.7 Å². The highest BCUT2D eigenvalue weighted by molar-refractivity contribution is 7.08. The van der Waals surface area contributed by atoms with Crippen molar-refractivity contribution in [2.75, 3.05) is 0 Å². The van der Waals surface area contributed by atoms with Gasteiger partial charge in [0.25, 0.3) is 5.91 Å². The van der Waals surface area contributed by atoms with E-state index in [1.807, 2.05) is 28.6 Å². The lowest BCUT2D eigenvalue weighted by molar-refractivity contribution is 0.0951. The Morgan fingerprint density at radius 2 is 2.44 bits per heavy atom. The van der Waals surface area contributed by atoms with E-state index in [1.165, 1.54) is 29.9 Å². The summed E-state index contributed by atoms with van der Waals surface area (Å²) in [5, 5.41) is 11.1. The molecule has 2 heterocycles. The molecule has 0 saturated heterocycles. The topological polar surface area (TPSA) is 46.9 Å². The molecule has 2 aromatic rings. The number of hydrogen-bond donors (Lipinski definition) is 1. The summed E-state index contributed by atoms with van der Waals surface area (Å²) in [5.41, 5.74) is 2.94. The molecule has 1 amide bonds. The molecule has 0 aromatic carbocycles. The average Bonchev–Trinajstić information content (AvgIpc) is 2.91. The first-order chi connectivity index (χ1) is 8.74. The minimum absolute atomic E-state index is 0.0325. The third-order valence-electron chi connectivity index (χ3n) is 3.18. The van der Waals surface area contributed by atoms with Crippen molar-refractivity contribution in [2.24, 2.45) is 7.05 Å². The fraction of sp³-hybridized carbons (Fsp3) is 0.385. The Bertz CT molecular complexity index is 555. The average molecular weight is 261 g/mol. The Morgan fingerprint density at radius 1 is 1.61 bits per heavy atom. The van der Waals surface area contributed by atoms with Crippen LogP contribution in [0.15, 0.2) is 22.9 Å². The fourth-order valence-corrected chi connectivity index (χ4v) is 2.69. The molecule has 5 heteroatoms. The first-order valence-electron chi connectivity index (χ1n) is 6.07. The van der Waals surface area contributed by atoms with Crippen molar-refractivity contribution >= 4 is 17.2 Å². The smallest absolute Gasteiger partial charge is 0.252 e. The van der Waals surface area contributed by atoms with Gasteiger partial charge in [0.05, 0.1) is 12.2 Å². The molecule has 1 saturated carbocycles. The van der Waals surface area contributed by atoms with Gasteiger partial charge >= 0.3 is 0 Å². The molecule has 0 unspecified atom stereocenters. The third-order valence-corrected chi connectivity index (χ3v) is 3.86. The molecule has 1 fully saturated rings. The summed E-state index contributed by atoms with van der Waals surface area (Å²) in [6.07, 6.45) is 2.53. The van der Waals surface area contributed by atoms with Crippen LogP contribution < -0.4 is 5.32 Å². The number of hydrogen-bond acceptors (Lipinski definition) is 3. The van der Waals surface area contributed by atoms with E-state index in [-0.39, 0.29) is 5.91 Å². The molecule has 4 nitrogen and oxygen atoms in total. The van der Waals surface area contributed by atoms with E-state index >= 15 is 0 Å². The lowest BCUT2D eigenvalue weighted by Gasteiger charge is -2.00. The van der Waals surface area contributed by atoms with E-state index in [2.05, 4.69) is 16.5 Å². The molecule has 94 valence electrons. The summed E-state index contributed by atoms with van der Waals surface area (Å²) in [4.78, 5) is 11.8. The van der Waals surface area contributed by atoms with Crippen LogP contribution in [0.2, 0.25) is 0 Å². The maximum Gasteiger partial charge on any atom is 0.252 e. The number of aryl methyl sites for hydroxylation is 1. The predicted molar refractivity (Wildman–Crippen MR) is 70.7 cm³/mol. The van der Waals surface area contributed by atoms with Gasteiger partial charge in [-0.05, 0) is 30.4 Å². The molecular formula is C13H15N3OS. The summed E-state index contributed by atoms with van der Waals surface area (Å²) >= 11 is 1.53. The van der Waals surface area contributed by atoms with Crippen molar-refractivity contribution < 1.29 is 4.79 Å². The molecule has 0 bridgehead atoms. The summed E-state index contributed by atoms with van der Waals surface area (Å²) in [6, 6.07) is 3.93. The number of amides is 1. The Labute approximate surface area is 110 Å². The monoisotopic (exact) mass is 261 g/mol. The summed E-state index contributed by atoms with van der Waals surface area (Å²) in [5.74, 6) is 0.652. The molecular weight excluding hydrogens is 246 g/mol. The molecule has 0 spiro atoms. The molecule has 1 N–H and O–H groups in total. The van der Waals surface area contributed by atoms with Crippen LogP contribution >= 0.6 is 11.3 Å². The van der Waals surface area contributed by atoms with Gasteiger partial charge in [-0.25, -0.2) is 0 Å². The Balaban J connectivity index is 1.63. The van der Waals surface area contributed by atoms with Crippen LogP contribution in [0, 0.1) is 0 Å². The molecule has 1 aliphatic carbocycles. The highest BCUT2D eigenvalue weighted by Crippen LogP contribution is 2.39. The van der Waals surface area contributed by atoms with Gasteiger partial charge < -0.3 is 5.32 Å². The molecule has 0 radical (unpaired) electrons. The van der Waals surface area contributed by atoms with E-state index < -0.39 is 0 Å². The van der Waals surface area contributed by atoms with E-state index in [4.69, 9.17) is 0 Å². The first-order valence-corrected chi connectivity index (χ1v) is 7.01. The molecule has 2 aromatic heterocycles. The van der Waals surface area contributed by atoms with Crippen LogP contribution in [-0.2, 0) is 13.6 Å². The molecule has 0 atom stereocenters. The van der Waals surface area contributed by atoms with Crippen molar-refractivity contribution in [3.63, 3.8) is 0 Å². The van der Waals surface area contributed by atoms with E-state index in [1.54, 1.807) is 0 Å². The Hall–Kier alpha value is -1.62. The van der Waals surface area contributed by atoms with Gasteiger partial charge in [-0.2, -0.15) is 16.4 Å². The number of aromatic nitrogens is 2. The van der Waals surface area contributed by atoms with Gasteiger partial charge in [-0.3, -0.25) is 9.48 Å². The first kappa shape index (κ1) is 11.5. The maximum atomic E-state index is 11.8. The zero-order valence-corrected chi connectivity index (χ0v) is 11.0. The van der Waals surface area contributed by atoms with Gasteiger partial charge in [0, 0.05) is 29.6 Å². The molecule has 3 rings (SSSR count). The number of thiophene rings is 1. The number of nitrogens with zero attached hydrogens (tertiary/aromatic N) is 2. The molecule has 1 aliphatic rings. The van der Waals surface area contributed by atoms with Crippen molar-refractivity contribution in [3.05, 3.63) is 39.8 Å². The summed E-state index contributed by atoms with van der Waals surface area (Å²) < 4.78 is 1.93. The molecule has 18 heavy (non-hydrogen) atoms. The van der Waals surface area contributed by atoms with E-state index in [9.17, 15) is 4.79 Å². The second-order valence-electron chi connectivity index (χ2n) is 4.65. The lowest BCUT2D eigenvalue weighted by atomic mass is 10.2. The van der Waals surface area contributed by atoms with Crippen molar-refractivity contribution in [2.45, 2.75) is 25.3 Å². The fourth-order valence-electron chi connectivity index (χ4n) is 2.06. The van der Waals surface area contributed by atoms with Crippen LogP contribution in [0.3, 0.4) is 0 Å². The standard InChI is InChI=1S/C13H15N3OS/c1-16-12(9-2-3-9)6-11(15-16)7-14-13(17)10-4-5-18-8-10/h4-6,8-9H,2-3,7H2,1H3,(H,14,17). The maximum absolute atomic E-state index is 11.8. The SMILES string of the molecule is Cn1nc(CNC(=O)c2ccsc2)cc1C1CC1. The van der Waals surface area contributed by atoms with Gasteiger partial charge in [-0.15, -0.1) is 0 Å². The van der Waals surface area contributed by atoms with E-state index in [0.717, 1.165) is 11.3 Å². The highest BCUT2D eigenvalue weighted by Gasteiger charge is 2.27. The second kappa shape index (κ2) is 4.57. The number of carbonyl (C=O) groups excluding carboxylic acids is 1. The van der Waals surface area contributed by atoms with Crippen LogP contribution in [0.1, 0.15) is 40.5 Å². The normalized spacial score (nSPS) is 14.7. The third kappa shape index (κ3) is 2.31. The number of rotatable bonds is 4. The zero-order valence-electron chi connectivity index (χ0n) is 10.2. The van der Waals surface area contributed by atoms with Crippen LogP contribution in [0.4, 0.5) is 0 Å². The van der Waals surface area contributed by atoms with Gasteiger partial charge in [0.15, 0.2) is 0 Å². The highest BCUT2D eigenvalue weighted by atomic mass is 32.1. The quantitative estimate of drug-likeness (QED) is 0.918. The van der Waals surface area contributed by atoms with Crippen LogP contribution in [0.25, 0.3) is 0 Å². The summed E-state index contributed by atoms with van der Waals surface area (Å²) in [7, 11) is 1.97. The minimum atomic E-state index is -0.0325. The Kier molecular flexibility index (Phi) is 2.91. The minimum Gasteiger partial charge on any atom is -0.346 e. The van der Waals surface area contributed by atoms with Crippen molar-refractivity contribution in [1.29, 1.82) is 0 Å². The van der Waals surface area contributed by atoms with Gasteiger partial charge in [-0.1, -0.05) is 0 Å². The number of nitrogens with one attached hydrogen (secondary N) is 1. The van der Waals surface area contributed by atoms with Gasteiger partial charge in [0.2, 0.25) is 0 Å². The Morgan fingerprint density at radius 3 is 3.11 bits per heavy atom. The van der Waals surface area contributed by atoms with Crippen molar-refractivity contribution in [1.82, 2.24) is 15.1 Å². The zero-order chi connectivity index (χ0) is 12.5. The van der Waals surface area contributed by atoms with Crippen molar-refractivity contribution in [3.8, 4) is 0 Å². The van der Waals surface area contributed by atoms with E-state index in [0.29, 0.717) is 12.5 Å². The van der Waals surface area contributed by atoms with Crippen LogP contribution in [0.5, 0.6) is 0 Å². The second-order valence-corrected chi connectivity index (χ2v) is 5.43. The number of carbonyl (C=O) groups is 1. The summed E-state index contributed by atoms with van der Waals surface area (Å²) in [6.45, 7) is 0.495. The largest absolute Gasteiger partial charge is 0.346 e.